The van der Waals surface area contributed by atoms with Crippen LogP contribution in [0.25, 0.3) is 0 Å². The number of hydrazine groups is 1. The van der Waals surface area contributed by atoms with E-state index in [1.807, 2.05) is 0 Å². The molecule has 1 saturated heterocycles. The van der Waals surface area contributed by atoms with Crippen LogP contribution in [0, 0.1) is 6.92 Å². The van der Waals surface area contributed by atoms with Crippen LogP contribution < -0.4 is 10.6 Å². The second kappa shape index (κ2) is 4.86. The van der Waals surface area contributed by atoms with Gasteiger partial charge in [-0.05, 0) is 6.92 Å². The van der Waals surface area contributed by atoms with E-state index >= 15 is 0 Å². The smallest absolute Gasteiger partial charge is 0.264 e. The van der Waals surface area contributed by atoms with E-state index in [2.05, 4.69) is 9.82 Å². The zero-order valence-corrected chi connectivity index (χ0v) is 11.0. The lowest BCUT2D eigenvalue weighted by Crippen LogP contribution is -2.48. The molecule has 0 aromatic carbocycles. The normalized spacial score (nSPS) is 18.4. The zero-order valence-electron chi connectivity index (χ0n) is 9.34. The number of thiazole rings is 1. The Balaban J connectivity index is 2.15. The molecular weight excluding hydrogens is 264 g/mol. The number of nitrogens with zero attached hydrogens (tertiary/aromatic N) is 2. The molecule has 0 aliphatic carbocycles. The van der Waals surface area contributed by atoms with Crippen LogP contribution in [-0.2, 0) is 14.8 Å². The molecule has 1 aromatic heterocycles. The molecule has 7 nitrogen and oxygen atoms in total. The van der Waals surface area contributed by atoms with Gasteiger partial charge in [0.2, 0.25) is 0 Å². The highest BCUT2D eigenvalue weighted by atomic mass is 32.2. The molecule has 1 aromatic rings. The van der Waals surface area contributed by atoms with Crippen molar-refractivity contribution in [1.29, 1.82) is 0 Å². The Kier molecular flexibility index (Phi) is 3.64. The number of aryl methyl sites for hydroxylation is 1. The number of morpholine rings is 1. The van der Waals surface area contributed by atoms with E-state index in [0.29, 0.717) is 32.0 Å². The van der Waals surface area contributed by atoms with Gasteiger partial charge < -0.3 is 10.5 Å². The summed E-state index contributed by atoms with van der Waals surface area (Å²) < 4.78 is 29.4. The first-order chi connectivity index (χ1) is 7.99. The van der Waals surface area contributed by atoms with Gasteiger partial charge in [0, 0.05) is 13.1 Å². The summed E-state index contributed by atoms with van der Waals surface area (Å²) in [5.74, 6) is 0. The number of hydrogen-bond donors (Lipinski definition) is 2. The number of sulfonamides is 1. The minimum Gasteiger partial charge on any atom is -0.379 e. The lowest BCUT2D eigenvalue weighted by molar-refractivity contribution is 0.0272. The van der Waals surface area contributed by atoms with Crippen LogP contribution in [0.4, 0.5) is 5.13 Å². The van der Waals surface area contributed by atoms with E-state index in [-0.39, 0.29) is 9.34 Å². The average molecular weight is 278 g/mol. The second-order valence-corrected chi connectivity index (χ2v) is 6.51. The summed E-state index contributed by atoms with van der Waals surface area (Å²) in [7, 11) is -3.57. The maximum Gasteiger partial charge on any atom is 0.264 e. The molecule has 2 heterocycles. The number of aromatic nitrogens is 1. The van der Waals surface area contributed by atoms with E-state index in [0.717, 1.165) is 11.3 Å². The summed E-state index contributed by atoms with van der Waals surface area (Å²) in [5, 5.41) is 1.87. The minimum atomic E-state index is -3.57. The van der Waals surface area contributed by atoms with E-state index in [1.54, 1.807) is 11.9 Å². The second-order valence-electron chi connectivity index (χ2n) is 3.62. The SMILES string of the molecule is Cc1nc(N)sc1S(=O)(=O)NN1CCOCC1. The highest BCUT2D eigenvalue weighted by Gasteiger charge is 2.24. The Morgan fingerprint density at radius 2 is 2.12 bits per heavy atom. The van der Waals surface area contributed by atoms with Crippen molar-refractivity contribution in [3.8, 4) is 0 Å². The van der Waals surface area contributed by atoms with Gasteiger partial charge >= 0.3 is 0 Å². The molecule has 9 heteroatoms. The lowest BCUT2D eigenvalue weighted by Gasteiger charge is -2.26. The van der Waals surface area contributed by atoms with Gasteiger partial charge in [-0.15, -0.1) is 4.83 Å². The van der Waals surface area contributed by atoms with Crippen LogP contribution in [0.2, 0.25) is 0 Å². The Morgan fingerprint density at radius 1 is 1.47 bits per heavy atom. The van der Waals surface area contributed by atoms with Gasteiger partial charge in [0.05, 0.1) is 18.9 Å². The van der Waals surface area contributed by atoms with Crippen molar-refractivity contribution >= 4 is 26.5 Å². The molecule has 1 fully saturated rings. The maximum absolute atomic E-state index is 12.1. The van der Waals surface area contributed by atoms with Crippen molar-refractivity contribution in [3.63, 3.8) is 0 Å². The van der Waals surface area contributed by atoms with Crippen LogP contribution in [0.1, 0.15) is 5.69 Å². The van der Waals surface area contributed by atoms with Crippen LogP contribution in [0.3, 0.4) is 0 Å². The Labute approximate surface area is 104 Å². The molecule has 0 unspecified atom stereocenters. The van der Waals surface area contributed by atoms with Crippen molar-refractivity contribution in [2.24, 2.45) is 0 Å². The number of rotatable bonds is 3. The molecule has 0 amide bonds. The third-order valence-corrected chi connectivity index (χ3v) is 5.25. The molecule has 0 atom stereocenters. The summed E-state index contributed by atoms with van der Waals surface area (Å²) in [6.07, 6.45) is 0. The number of nitrogens with one attached hydrogen (secondary N) is 1. The van der Waals surface area contributed by atoms with Crippen LogP contribution in [0.5, 0.6) is 0 Å². The third-order valence-electron chi connectivity index (χ3n) is 2.28. The van der Waals surface area contributed by atoms with Gasteiger partial charge in [-0.2, -0.15) is 0 Å². The highest BCUT2D eigenvalue weighted by molar-refractivity contribution is 7.91. The predicted octanol–water partition coefficient (Wildman–Crippen LogP) is -0.441. The zero-order chi connectivity index (χ0) is 12.5. The number of hydrogen-bond acceptors (Lipinski definition) is 7. The molecule has 17 heavy (non-hydrogen) atoms. The molecule has 96 valence electrons. The summed E-state index contributed by atoms with van der Waals surface area (Å²) >= 11 is 0.968. The molecule has 1 aliphatic heterocycles. The van der Waals surface area contributed by atoms with E-state index in [9.17, 15) is 8.42 Å². The van der Waals surface area contributed by atoms with E-state index in [1.165, 1.54) is 0 Å². The van der Waals surface area contributed by atoms with Crippen molar-refractivity contribution in [2.75, 3.05) is 32.0 Å². The van der Waals surface area contributed by atoms with Crippen LogP contribution in [0.15, 0.2) is 4.21 Å². The fraction of sp³-hybridized carbons (Fsp3) is 0.625. The molecule has 1 aliphatic rings. The number of ether oxygens (including phenoxy) is 1. The standard InChI is InChI=1S/C8H14N4O3S2/c1-6-7(16-8(9)10-6)17(13,14)11-12-2-4-15-5-3-12/h11H,2-5H2,1H3,(H2,9,10). The number of nitrogen functional groups attached to an aromatic ring is 1. The molecular formula is C8H14N4O3S2. The average Bonchev–Trinajstić information content (AvgIpc) is 2.59. The summed E-state index contributed by atoms with van der Waals surface area (Å²) in [6, 6.07) is 0. The van der Waals surface area contributed by atoms with E-state index < -0.39 is 10.0 Å². The lowest BCUT2D eigenvalue weighted by atomic mass is 10.5. The summed E-state index contributed by atoms with van der Waals surface area (Å²) in [5.41, 5.74) is 5.92. The molecule has 2 rings (SSSR count). The van der Waals surface area contributed by atoms with Crippen LogP contribution in [-0.4, -0.2) is 44.7 Å². The van der Waals surface area contributed by atoms with Crippen molar-refractivity contribution in [1.82, 2.24) is 14.8 Å². The summed E-state index contributed by atoms with van der Waals surface area (Å²) in [4.78, 5) is 6.41. The Hall–Kier alpha value is -0.740. The summed E-state index contributed by atoms with van der Waals surface area (Å²) in [6.45, 7) is 3.73. The van der Waals surface area contributed by atoms with Crippen molar-refractivity contribution in [2.45, 2.75) is 11.1 Å². The van der Waals surface area contributed by atoms with Crippen molar-refractivity contribution in [3.05, 3.63) is 5.69 Å². The Bertz CT molecular complexity index is 493. The maximum atomic E-state index is 12.1. The molecule has 3 N–H and O–H groups in total. The topological polar surface area (TPSA) is 97.5 Å². The van der Waals surface area contributed by atoms with Gasteiger partial charge in [-0.25, -0.2) is 18.4 Å². The van der Waals surface area contributed by atoms with Gasteiger partial charge in [0.15, 0.2) is 9.34 Å². The monoisotopic (exact) mass is 278 g/mol. The fourth-order valence-electron chi connectivity index (χ4n) is 1.52. The van der Waals surface area contributed by atoms with Gasteiger partial charge in [0.1, 0.15) is 0 Å². The first-order valence-electron chi connectivity index (χ1n) is 5.07. The van der Waals surface area contributed by atoms with Crippen LogP contribution >= 0.6 is 11.3 Å². The predicted molar refractivity (Wildman–Crippen MR) is 64.0 cm³/mol. The third kappa shape index (κ3) is 2.93. The first kappa shape index (κ1) is 12.7. The fourth-order valence-corrected chi connectivity index (χ4v) is 3.93. The van der Waals surface area contributed by atoms with Gasteiger partial charge in [-0.1, -0.05) is 11.3 Å². The highest BCUT2D eigenvalue weighted by Crippen LogP contribution is 2.24. The molecule has 0 spiro atoms. The molecule has 0 radical (unpaired) electrons. The quantitative estimate of drug-likeness (QED) is 0.778. The van der Waals surface area contributed by atoms with Crippen molar-refractivity contribution < 1.29 is 13.2 Å². The first-order valence-corrected chi connectivity index (χ1v) is 7.37. The minimum absolute atomic E-state index is 0.168. The number of anilines is 1. The number of nitrogens with two attached hydrogens (primary N) is 1. The largest absolute Gasteiger partial charge is 0.379 e. The Morgan fingerprint density at radius 3 is 2.65 bits per heavy atom. The van der Waals surface area contributed by atoms with Gasteiger partial charge in [0.25, 0.3) is 10.0 Å². The molecule has 0 saturated carbocycles. The molecule has 0 bridgehead atoms. The van der Waals surface area contributed by atoms with Gasteiger partial charge in [-0.3, -0.25) is 0 Å². The van der Waals surface area contributed by atoms with E-state index in [4.69, 9.17) is 10.5 Å².